The number of rotatable bonds is 1. The molecule has 0 radical (unpaired) electrons. The zero-order valence-corrected chi connectivity index (χ0v) is 7.80. The smallest absolute Gasteiger partial charge is 0.0538 e. The highest BCUT2D eigenvalue weighted by Crippen LogP contribution is 2.13. The van der Waals surface area contributed by atoms with E-state index in [-0.39, 0.29) is 0 Å². The molecule has 0 aromatic heterocycles. The Kier molecular flexibility index (Phi) is 2.65. The molecule has 0 amide bonds. The summed E-state index contributed by atoms with van der Waals surface area (Å²) in [5.74, 6) is 5.01. The summed E-state index contributed by atoms with van der Waals surface area (Å²) in [5.41, 5.74) is 2.20. The van der Waals surface area contributed by atoms with E-state index in [9.17, 15) is 0 Å². The molecule has 0 bridgehead atoms. The summed E-state index contributed by atoms with van der Waals surface area (Å²) >= 11 is 3.38. The molecule has 0 aliphatic rings. The lowest BCUT2D eigenvalue weighted by Crippen LogP contribution is -1.87. The molecule has 0 saturated heterocycles. The van der Waals surface area contributed by atoms with E-state index in [1.807, 2.05) is 25.1 Å². The van der Waals surface area contributed by atoms with Gasteiger partial charge >= 0.3 is 0 Å². The zero-order chi connectivity index (χ0) is 8.27. The second kappa shape index (κ2) is 3.53. The van der Waals surface area contributed by atoms with Crippen molar-refractivity contribution in [2.45, 2.75) is 6.92 Å². The molecular formula is C8H9BrN2. The first-order valence-corrected chi connectivity index (χ1v) is 4.02. The Morgan fingerprint density at radius 1 is 1.45 bits per heavy atom. The van der Waals surface area contributed by atoms with Gasteiger partial charge in [-0.2, -0.15) is 5.10 Å². The van der Waals surface area contributed by atoms with Crippen LogP contribution in [0.2, 0.25) is 0 Å². The lowest BCUT2D eigenvalue weighted by Gasteiger charge is -1.96. The van der Waals surface area contributed by atoms with E-state index < -0.39 is 0 Å². The molecule has 0 heterocycles. The summed E-state index contributed by atoms with van der Waals surface area (Å²) < 4.78 is 1.05. The Bertz CT molecular complexity index is 261. The second-order valence-corrected chi connectivity index (χ2v) is 3.26. The SMILES string of the molecule is Cc1cc(Br)cc(C=NN)c1. The third-order valence-corrected chi connectivity index (χ3v) is 1.75. The highest BCUT2D eigenvalue weighted by Gasteiger charge is 1.92. The van der Waals surface area contributed by atoms with Gasteiger partial charge in [-0.25, -0.2) is 0 Å². The minimum Gasteiger partial charge on any atom is -0.323 e. The van der Waals surface area contributed by atoms with Crippen molar-refractivity contribution in [3.63, 3.8) is 0 Å². The molecular weight excluding hydrogens is 204 g/mol. The molecule has 2 N–H and O–H groups in total. The highest BCUT2D eigenvalue weighted by atomic mass is 79.9. The topological polar surface area (TPSA) is 38.4 Å². The van der Waals surface area contributed by atoms with Crippen LogP contribution in [0.25, 0.3) is 0 Å². The first-order valence-electron chi connectivity index (χ1n) is 3.23. The monoisotopic (exact) mass is 212 g/mol. The Labute approximate surface area is 74.2 Å². The number of aryl methyl sites for hydroxylation is 1. The normalized spacial score (nSPS) is 10.7. The van der Waals surface area contributed by atoms with Crippen LogP contribution >= 0.6 is 15.9 Å². The van der Waals surface area contributed by atoms with Crippen LogP contribution in [0.3, 0.4) is 0 Å². The van der Waals surface area contributed by atoms with Crippen molar-refractivity contribution >= 4 is 22.1 Å². The third-order valence-electron chi connectivity index (χ3n) is 1.29. The second-order valence-electron chi connectivity index (χ2n) is 2.34. The fraction of sp³-hybridized carbons (Fsp3) is 0.125. The molecule has 0 aliphatic heterocycles. The van der Waals surface area contributed by atoms with Crippen molar-refractivity contribution < 1.29 is 0 Å². The van der Waals surface area contributed by atoms with Crippen LogP contribution in [0.4, 0.5) is 0 Å². The first kappa shape index (κ1) is 8.27. The molecule has 1 aromatic carbocycles. The fourth-order valence-electron chi connectivity index (χ4n) is 0.925. The van der Waals surface area contributed by atoms with Crippen LogP contribution < -0.4 is 5.84 Å². The van der Waals surface area contributed by atoms with Crippen LogP contribution in [0, 0.1) is 6.92 Å². The standard InChI is InChI=1S/C8H9BrN2/c1-6-2-7(5-11-10)4-8(9)3-6/h2-5H,10H2,1H3. The largest absolute Gasteiger partial charge is 0.323 e. The van der Waals surface area contributed by atoms with Gasteiger partial charge in [0.25, 0.3) is 0 Å². The molecule has 0 saturated carbocycles. The average molecular weight is 213 g/mol. The number of halogens is 1. The van der Waals surface area contributed by atoms with Gasteiger partial charge in [0.15, 0.2) is 0 Å². The van der Waals surface area contributed by atoms with Crippen molar-refractivity contribution in [1.29, 1.82) is 0 Å². The van der Waals surface area contributed by atoms with Gasteiger partial charge in [-0.15, -0.1) is 0 Å². The Balaban J connectivity index is 3.08. The van der Waals surface area contributed by atoms with Gasteiger partial charge in [0, 0.05) is 4.47 Å². The molecule has 3 heteroatoms. The summed E-state index contributed by atoms with van der Waals surface area (Å²) in [4.78, 5) is 0. The van der Waals surface area contributed by atoms with Crippen LogP contribution in [0.15, 0.2) is 27.8 Å². The van der Waals surface area contributed by atoms with E-state index in [1.165, 1.54) is 5.56 Å². The van der Waals surface area contributed by atoms with Gasteiger partial charge in [0.1, 0.15) is 0 Å². The maximum atomic E-state index is 5.01. The first-order chi connectivity index (χ1) is 5.22. The summed E-state index contributed by atoms with van der Waals surface area (Å²) in [6, 6.07) is 6.01. The number of nitrogens with two attached hydrogens (primary N) is 1. The predicted octanol–water partition coefficient (Wildman–Crippen LogP) is 2.05. The molecule has 0 spiro atoms. The number of hydrogen-bond acceptors (Lipinski definition) is 2. The third kappa shape index (κ3) is 2.35. The molecule has 58 valence electrons. The molecule has 0 fully saturated rings. The molecule has 1 aromatic rings. The van der Waals surface area contributed by atoms with Crippen LogP contribution in [0.5, 0.6) is 0 Å². The van der Waals surface area contributed by atoms with E-state index in [1.54, 1.807) is 6.21 Å². The number of hydrogen-bond donors (Lipinski definition) is 1. The van der Waals surface area contributed by atoms with E-state index in [0.717, 1.165) is 10.0 Å². The Morgan fingerprint density at radius 2 is 2.18 bits per heavy atom. The van der Waals surface area contributed by atoms with Gasteiger partial charge in [0.2, 0.25) is 0 Å². The summed E-state index contributed by atoms with van der Waals surface area (Å²) in [6.07, 6.45) is 1.62. The Hall–Kier alpha value is -0.830. The summed E-state index contributed by atoms with van der Waals surface area (Å²) in [6.45, 7) is 2.03. The summed E-state index contributed by atoms with van der Waals surface area (Å²) in [5, 5.41) is 3.44. The van der Waals surface area contributed by atoms with Crippen molar-refractivity contribution in [2.75, 3.05) is 0 Å². The van der Waals surface area contributed by atoms with Crippen LogP contribution in [-0.2, 0) is 0 Å². The number of nitrogens with zero attached hydrogens (tertiary/aromatic N) is 1. The van der Waals surface area contributed by atoms with Crippen molar-refractivity contribution in [2.24, 2.45) is 10.9 Å². The van der Waals surface area contributed by atoms with E-state index >= 15 is 0 Å². The minimum absolute atomic E-state index is 1.01. The van der Waals surface area contributed by atoms with Crippen LogP contribution in [0.1, 0.15) is 11.1 Å². The Morgan fingerprint density at radius 3 is 2.73 bits per heavy atom. The minimum atomic E-state index is 1.01. The van der Waals surface area contributed by atoms with Crippen molar-refractivity contribution in [1.82, 2.24) is 0 Å². The van der Waals surface area contributed by atoms with E-state index in [4.69, 9.17) is 5.84 Å². The molecule has 0 aliphatic carbocycles. The molecule has 1 rings (SSSR count). The van der Waals surface area contributed by atoms with Gasteiger partial charge in [-0.05, 0) is 30.2 Å². The highest BCUT2D eigenvalue weighted by molar-refractivity contribution is 9.10. The van der Waals surface area contributed by atoms with Gasteiger partial charge < -0.3 is 5.84 Å². The van der Waals surface area contributed by atoms with E-state index in [0.29, 0.717) is 0 Å². The van der Waals surface area contributed by atoms with E-state index in [2.05, 4.69) is 21.0 Å². The predicted molar refractivity (Wildman–Crippen MR) is 50.7 cm³/mol. The van der Waals surface area contributed by atoms with Crippen molar-refractivity contribution in [3.8, 4) is 0 Å². The van der Waals surface area contributed by atoms with Gasteiger partial charge in [0.05, 0.1) is 6.21 Å². The molecule has 11 heavy (non-hydrogen) atoms. The lowest BCUT2D eigenvalue weighted by molar-refractivity contribution is 1.26. The number of benzene rings is 1. The number of hydrazone groups is 1. The van der Waals surface area contributed by atoms with Crippen LogP contribution in [-0.4, -0.2) is 6.21 Å². The zero-order valence-electron chi connectivity index (χ0n) is 6.21. The van der Waals surface area contributed by atoms with Crippen molar-refractivity contribution in [3.05, 3.63) is 33.8 Å². The fourth-order valence-corrected chi connectivity index (χ4v) is 1.55. The molecule has 2 nitrogen and oxygen atoms in total. The molecule has 0 atom stereocenters. The quantitative estimate of drug-likeness (QED) is 0.432. The van der Waals surface area contributed by atoms with Gasteiger partial charge in [-0.1, -0.05) is 22.0 Å². The maximum Gasteiger partial charge on any atom is 0.0538 e. The molecule has 0 unspecified atom stereocenters. The summed E-state index contributed by atoms with van der Waals surface area (Å²) in [7, 11) is 0. The maximum absolute atomic E-state index is 5.01. The average Bonchev–Trinajstić information content (AvgIpc) is 1.85. The lowest BCUT2D eigenvalue weighted by atomic mass is 10.2. The van der Waals surface area contributed by atoms with Gasteiger partial charge in [-0.3, -0.25) is 0 Å².